The molecule has 2 aromatic carbocycles. The van der Waals surface area contributed by atoms with Gasteiger partial charge in [0.1, 0.15) is 0 Å². The van der Waals surface area contributed by atoms with Gasteiger partial charge in [0.2, 0.25) is 0 Å². The Labute approximate surface area is 123 Å². The predicted molar refractivity (Wildman–Crippen MR) is 71.3 cm³/mol. The van der Waals surface area contributed by atoms with Gasteiger partial charge in [0.15, 0.2) is 0 Å². The van der Waals surface area contributed by atoms with Crippen LogP contribution in [0.5, 0.6) is 0 Å². The van der Waals surface area contributed by atoms with Crippen LogP contribution in [0.3, 0.4) is 0 Å². The molecule has 0 fully saturated rings. The largest absolute Gasteiger partial charge is 0.323 e. The van der Waals surface area contributed by atoms with Crippen molar-refractivity contribution in [1.82, 2.24) is 0 Å². The molecule has 0 spiro atoms. The van der Waals surface area contributed by atoms with E-state index in [2.05, 4.69) is 10.6 Å². The van der Waals surface area contributed by atoms with Crippen LogP contribution in [-0.2, 0) is 0 Å². The average Bonchev–Trinajstić information content (AvgIpc) is 2.31. The first-order chi connectivity index (χ1) is 7.84. The molecule has 4 heteroatoms. The SMILES string of the molecule is O=C(Nc1ccccc1)Nc1ccccc1.[Na]. The third-order valence-corrected chi connectivity index (χ3v) is 2.06. The van der Waals surface area contributed by atoms with Gasteiger partial charge in [-0.25, -0.2) is 4.79 Å². The maximum absolute atomic E-state index is 11.6. The van der Waals surface area contributed by atoms with Crippen molar-refractivity contribution in [2.24, 2.45) is 0 Å². The summed E-state index contributed by atoms with van der Waals surface area (Å²) in [6.07, 6.45) is 0. The van der Waals surface area contributed by atoms with Crippen molar-refractivity contribution in [3.8, 4) is 0 Å². The van der Waals surface area contributed by atoms with Gasteiger partial charge in [-0.2, -0.15) is 0 Å². The van der Waals surface area contributed by atoms with Crippen molar-refractivity contribution in [1.29, 1.82) is 0 Å². The number of rotatable bonds is 2. The Balaban J connectivity index is 0.00000144. The van der Waals surface area contributed by atoms with E-state index in [1.807, 2.05) is 60.7 Å². The molecule has 17 heavy (non-hydrogen) atoms. The van der Waals surface area contributed by atoms with Crippen molar-refractivity contribution in [3.63, 3.8) is 0 Å². The number of hydrogen-bond donors (Lipinski definition) is 2. The summed E-state index contributed by atoms with van der Waals surface area (Å²) in [5.41, 5.74) is 1.55. The number of anilines is 2. The molecule has 0 aliphatic heterocycles. The molecule has 0 unspecified atom stereocenters. The van der Waals surface area contributed by atoms with E-state index in [9.17, 15) is 4.79 Å². The molecule has 0 saturated carbocycles. The second-order valence-corrected chi connectivity index (χ2v) is 3.31. The number of carbonyl (C=O) groups is 1. The van der Waals surface area contributed by atoms with Gasteiger partial charge in [0.25, 0.3) is 0 Å². The number of benzene rings is 2. The minimum Gasteiger partial charge on any atom is -0.308 e. The minimum atomic E-state index is -0.239. The van der Waals surface area contributed by atoms with E-state index in [-0.39, 0.29) is 35.6 Å². The Hall–Kier alpha value is -1.29. The molecule has 2 aromatic rings. The molecule has 2 rings (SSSR count). The molecule has 0 aliphatic rings. The van der Waals surface area contributed by atoms with Gasteiger partial charge in [-0.1, -0.05) is 36.4 Å². The Morgan fingerprint density at radius 2 is 1.06 bits per heavy atom. The fourth-order valence-corrected chi connectivity index (χ4v) is 1.34. The molecule has 0 aliphatic carbocycles. The summed E-state index contributed by atoms with van der Waals surface area (Å²) in [7, 11) is 0. The molecular formula is C13H12N2NaO. The van der Waals surface area contributed by atoms with Crippen molar-refractivity contribution in [2.45, 2.75) is 0 Å². The van der Waals surface area contributed by atoms with Crippen LogP contribution >= 0.6 is 0 Å². The summed E-state index contributed by atoms with van der Waals surface area (Å²) < 4.78 is 0. The van der Waals surface area contributed by atoms with Crippen LogP contribution in [0.2, 0.25) is 0 Å². The van der Waals surface area contributed by atoms with E-state index in [1.54, 1.807) is 0 Å². The molecule has 0 heterocycles. The van der Waals surface area contributed by atoms with Crippen LogP contribution in [-0.4, -0.2) is 35.6 Å². The molecule has 3 nitrogen and oxygen atoms in total. The minimum absolute atomic E-state index is 0. The van der Waals surface area contributed by atoms with Gasteiger partial charge >= 0.3 is 6.03 Å². The Morgan fingerprint density at radius 3 is 1.41 bits per heavy atom. The molecule has 0 bridgehead atoms. The molecule has 1 radical (unpaired) electrons. The first kappa shape index (κ1) is 13.8. The third kappa shape index (κ3) is 4.61. The normalized spacial score (nSPS) is 8.94. The maximum Gasteiger partial charge on any atom is 0.323 e. The smallest absolute Gasteiger partial charge is 0.308 e. The molecule has 2 amide bonds. The summed E-state index contributed by atoms with van der Waals surface area (Å²) in [5.74, 6) is 0. The average molecular weight is 235 g/mol. The zero-order valence-electron chi connectivity index (χ0n) is 9.68. The number of urea groups is 1. The molecule has 2 N–H and O–H groups in total. The number of hydrogen-bond acceptors (Lipinski definition) is 1. The van der Waals surface area contributed by atoms with E-state index in [0.717, 1.165) is 11.4 Å². The molecular weight excluding hydrogens is 223 g/mol. The van der Waals surface area contributed by atoms with E-state index < -0.39 is 0 Å². The fourth-order valence-electron chi connectivity index (χ4n) is 1.34. The summed E-state index contributed by atoms with van der Waals surface area (Å²) in [4.78, 5) is 11.6. The Morgan fingerprint density at radius 1 is 0.706 bits per heavy atom. The number of nitrogens with one attached hydrogen (secondary N) is 2. The molecule has 81 valence electrons. The van der Waals surface area contributed by atoms with Crippen LogP contribution in [0.4, 0.5) is 16.2 Å². The van der Waals surface area contributed by atoms with Crippen molar-refractivity contribution >= 4 is 47.0 Å². The van der Waals surface area contributed by atoms with Crippen LogP contribution in [0.15, 0.2) is 60.7 Å². The maximum atomic E-state index is 11.6. The summed E-state index contributed by atoms with van der Waals surface area (Å²) in [6.45, 7) is 0. The predicted octanol–water partition coefficient (Wildman–Crippen LogP) is 2.95. The quantitative estimate of drug-likeness (QED) is 0.772. The van der Waals surface area contributed by atoms with Crippen LogP contribution in [0.1, 0.15) is 0 Å². The van der Waals surface area contributed by atoms with Gasteiger partial charge in [-0.3, -0.25) is 0 Å². The fraction of sp³-hybridized carbons (Fsp3) is 0. The van der Waals surface area contributed by atoms with E-state index in [1.165, 1.54) is 0 Å². The number of amides is 2. The van der Waals surface area contributed by atoms with Gasteiger partial charge in [0, 0.05) is 40.9 Å². The van der Waals surface area contributed by atoms with Crippen LogP contribution in [0, 0.1) is 0 Å². The number of para-hydroxylation sites is 2. The van der Waals surface area contributed by atoms with Gasteiger partial charge in [0.05, 0.1) is 0 Å². The Kier molecular flexibility index (Phi) is 5.77. The third-order valence-electron chi connectivity index (χ3n) is 2.06. The van der Waals surface area contributed by atoms with Crippen molar-refractivity contribution < 1.29 is 4.79 Å². The summed E-state index contributed by atoms with van der Waals surface area (Å²) in [6, 6.07) is 18.4. The second-order valence-electron chi connectivity index (χ2n) is 3.31. The topological polar surface area (TPSA) is 41.1 Å². The van der Waals surface area contributed by atoms with Crippen molar-refractivity contribution in [2.75, 3.05) is 10.6 Å². The standard InChI is InChI=1S/C13H12N2O.Na/c16-13(14-11-7-3-1-4-8-11)15-12-9-5-2-6-10-12;/h1-10H,(H2,14,15,16);. The zero-order valence-corrected chi connectivity index (χ0v) is 11.7. The molecule has 0 atom stereocenters. The summed E-state index contributed by atoms with van der Waals surface area (Å²) in [5, 5.41) is 5.48. The van der Waals surface area contributed by atoms with Crippen molar-refractivity contribution in [3.05, 3.63) is 60.7 Å². The number of carbonyl (C=O) groups excluding carboxylic acids is 1. The van der Waals surface area contributed by atoms with Gasteiger partial charge < -0.3 is 10.6 Å². The Bertz CT molecular complexity index is 416. The zero-order chi connectivity index (χ0) is 11.2. The van der Waals surface area contributed by atoms with Gasteiger partial charge in [-0.05, 0) is 24.3 Å². The van der Waals surface area contributed by atoms with E-state index >= 15 is 0 Å². The first-order valence-corrected chi connectivity index (χ1v) is 5.03. The first-order valence-electron chi connectivity index (χ1n) is 5.03. The van der Waals surface area contributed by atoms with Crippen LogP contribution < -0.4 is 10.6 Å². The summed E-state index contributed by atoms with van der Waals surface area (Å²) >= 11 is 0. The monoisotopic (exact) mass is 235 g/mol. The van der Waals surface area contributed by atoms with E-state index in [4.69, 9.17) is 0 Å². The molecule has 0 aromatic heterocycles. The second kappa shape index (κ2) is 7.12. The van der Waals surface area contributed by atoms with Crippen LogP contribution in [0.25, 0.3) is 0 Å². The molecule has 0 saturated heterocycles. The van der Waals surface area contributed by atoms with Gasteiger partial charge in [-0.15, -0.1) is 0 Å². The van der Waals surface area contributed by atoms with E-state index in [0.29, 0.717) is 0 Å².